The number of hydrogen-bond donors (Lipinski definition) is 0. The maximum absolute atomic E-state index is 14.3. The minimum absolute atomic E-state index is 0.000546. The van der Waals surface area contributed by atoms with Crippen molar-refractivity contribution in [2.75, 3.05) is 24.9 Å². The van der Waals surface area contributed by atoms with Crippen LogP contribution < -0.4 is 13.8 Å². The number of hydrogen-bond acceptors (Lipinski definition) is 11. The molecule has 0 saturated heterocycles. The molecule has 0 fully saturated rings. The minimum atomic E-state index is -4.47. The van der Waals surface area contributed by atoms with Crippen LogP contribution in [0, 0.1) is 6.92 Å². The van der Waals surface area contributed by atoms with Gasteiger partial charge in [0.25, 0.3) is 15.9 Å². The second-order valence-corrected chi connectivity index (χ2v) is 11.7. The first-order chi connectivity index (χ1) is 18.7. The van der Waals surface area contributed by atoms with Crippen LogP contribution in [0.1, 0.15) is 34.3 Å². The molecule has 0 bridgehead atoms. The van der Waals surface area contributed by atoms with Crippen LogP contribution >= 0.6 is 22.9 Å². The van der Waals surface area contributed by atoms with Crippen LogP contribution in [0.5, 0.6) is 11.5 Å². The number of Topliss-reactive ketones (excluding diaryl/α,β-unsaturated/α-hetero) is 1. The number of halogens is 1. The highest BCUT2D eigenvalue weighted by Gasteiger charge is 2.37. The van der Waals surface area contributed by atoms with Crippen LogP contribution in [0.25, 0.3) is 10.2 Å². The fraction of sp³-hybridized carbons (Fsp3) is 0.320. The molecular weight excluding hydrogens is 570 g/mol. The highest BCUT2D eigenvalue weighted by molar-refractivity contribution is 7.93. The molecular formula is C25H24ClN3O8S2. The summed E-state index contributed by atoms with van der Waals surface area (Å²) in [7, 11) is -3.05. The van der Waals surface area contributed by atoms with Crippen LogP contribution in [-0.4, -0.2) is 51.3 Å². The van der Waals surface area contributed by atoms with E-state index in [0.29, 0.717) is 33.8 Å². The number of nitrogens with zero attached hydrogens (tertiary/aromatic N) is 3. The van der Waals surface area contributed by atoms with Crippen LogP contribution in [0.15, 0.2) is 45.9 Å². The SMILES string of the molecule is COC(C)OCN(c1onc(C)c1Cl)S(=O)(=O)c1c(C(=O)CCc2ccc3c(c2)OCO3)sc2ncccc12. The normalized spacial score (nSPS) is 13.6. The van der Waals surface area contributed by atoms with Crippen LogP contribution in [-0.2, 0) is 25.9 Å². The van der Waals surface area contributed by atoms with Crippen molar-refractivity contribution in [3.05, 3.63) is 57.7 Å². The number of anilines is 1. The summed E-state index contributed by atoms with van der Waals surface area (Å²) in [5, 5.41) is 4.09. The van der Waals surface area contributed by atoms with Gasteiger partial charge in [-0.1, -0.05) is 22.8 Å². The average molecular weight is 594 g/mol. The van der Waals surface area contributed by atoms with E-state index in [1.54, 1.807) is 32.0 Å². The number of benzene rings is 1. The lowest BCUT2D eigenvalue weighted by Crippen LogP contribution is -2.35. The third-order valence-electron chi connectivity index (χ3n) is 6.06. The van der Waals surface area contributed by atoms with Gasteiger partial charge in [-0.2, -0.15) is 0 Å². The summed E-state index contributed by atoms with van der Waals surface area (Å²) in [4.78, 5) is 18.1. The smallest absolute Gasteiger partial charge is 0.270 e. The zero-order chi connectivity index (χ0) is 27.7. The van der Waals surface area contributed by atoms with E-state index in [-0.39, 0.29) is 39.7 Å². The fourth-order valence-corrected chi connectivity index (χ4v) is 7.19. The largest absolute Gasteiger partial charge is 0.454 e. The van der Waals surface area contributed by atoms with Gasteiger partial charge in [0.15, 0.2) is 23.6 Å². The number of pyridine rings is 1. The molecule has 1 atom stereocenters. The van der Waals surface area contributed by atoms with E-state index in [9.17, 15) is 13.2 Å². The molecule has 39 heavy (non-hydrogen) atoms. The number of aryl methyl sites for hydroxylation is 2. The summed E-state index contributed by atoms with van der Waals surface area (Å²) in [6.45, 7) is 2.82. The van der Waals surface area contributed by atoms with Crippen molar-refractivity contribution in [3.63, 3.8) is 0 Å². The van der Waals surface area contributed by atoms with Gasteiger partial charge in [0.2, 0.25) is 6.79 Å². The first kappa shape index (κ1) is 27.3. The number of ether oxygens (including phenoxy) is 4. The van der Waals surface area contributed by atoms with Crippen LogP contribution in [0.2, 0.25) is 5.02 Å². The average Bonchev–Trinajstić information content (AvgIpc) is 3.64. The van der Waals surface area contributed by atoms with E-state index in [0.717, 1.165) is 21.2 Å². The lowest BCUT2D eigenvalue weighted by atomic mass is 10.1. The van der Waals surface area contributed by atoms with Gasteiger partial charge in [-0.3, -0.25) is 4.79 Å². The summed E-state index contributed by atoms with van der Waals surface area (Å²) in [6, 6.07) is 8.64. The molecule has 3 aromatic heterocycles. The van der Waals surface area contributed by atoms with E-state index >= 15 is 0 Å². The number of ketones is 1. The van der Waals surface area contributed by atoms with Crippen LogP contribution in [0.3, 0.4) is 0 Å². The molecule has 0 saturated carbocycles. The van der Waals surface area contributed by atoms with Gasteiger partial charge in [-0.15, -0.1) is 11.3 Å². The minimum Gasteiger partial charge on any atom is -0.454 e. The predicted molar refractivity (Wildman–Crippen MR) is 143 cm³/mol. The maximum Gasteiger partial charge on any atom is 0.270 e. The lowest BCUT2D eigenvalue weighted by Gasteiger charge is -2.23. The van der Waals surface area contributed by atoms with Crippen molar-refractivity contribution in [2.45, 2.75) is 37.9 Å². The van der Waals surface area contributed by atoms with Crippen molar-refractivity contribution in [2.24, 2.45) is 0 Å². The second-order valence-electron chi connectivity index (χ2n) is 8.57. The standard InChI is InChI=1S/C25H24ClN3O8S2/c1-14-21(26)25(37-28-14)29(12-34-15(2)33-3)39(31,32)23-17-5-4-10-27-24(17)38-22(23)18(30)8-6-16-7-9-19-20(11-16)36-13-35-19/h4-5,7,9-11,15H,6,8,12-13H2,1-3H3. The van der Waals surface area contributed by atoms with Crippen molar-refractivity contribution in [3.8, 4) is 11.5 Å². The number of fused-ring (bicyclic) bond motifs is 2. The number of methoxy groups -OCH3 is 1. The molecule has 0 spiro atoms. The van der Waals surface area contributed by atoms with E-state index in [2.05, 4.69) is 10.1 Å². The van der Waals surface area contributed by atoms with Gasteiger partial charge in [0.1, 0.15) is 27.2 Å². The Hall–Kier alpha value is -3.23. The molecule has 0 aliphatic carbocycles. The van der Waals surface area contributed by atoms with Gasteiger partial charge >= 0.3 is 0 Å². The summed E-state index contributed by atoms with van der Waals surface area (Å²) >= 11 is 7.36. The van der Waals surface area contributed by atoms with Gasteiger partial charge in [0.05, 0.1) is 4.88 Å². The molecule has 1 aliphatic heterocycles. The Labute approximate surface area is 233 Å². The molecule has 206 valence electrons. The molecule has 0 radical (unpaired) electrons. The van der Waals surface area contributed by atoms with E-state index in [4.69, 9.17) is 35.1 Å². The number of aromatic nitrogens is 2. The van der Waals surface area contributed by atoms with E-state index in [1.165, 1.54) is 13.3 Å². The molecule has 1 unspecified atom stereocenters. The van der Waals surface area contributed by atoms with Crippen LogP contribution in [0.4, 0.5) is 5.88 Å². The quantitative estimate of drug-likeness (QED) is 0.174. The molecule has 4 heterocycles. The first-order valence-electron chi connectivity index (χ1n) is 11.8. The van der Waals surface area contributed by atoms with Gasteiger partial charge in [-0.25, -0.2) is 17.7 Å². The van der Waals surface area contributed by atoms with Crippen molar-refractivity contribution >= 4 is 54.8 Å². The molecule has 0 N–H and O–H groups in total. The van der Waals surface area contributed by atoms with Gasteiger partial charge in [-0.05, 0) is 50.1 Å². The van der Waals surface area contributed by atoms with Crippen molar-refractivity contribution in [1.29, 1.82) is 0 Å². The van der Waals surface area contributed by atoms with Crippen molar-refractivity contribution in [1.82, 2.24) is 10.1 Å². The summed E-state index contributed by atoms with van der Waals surface area (Å²) < 4.78 is 56.1. The summed E-state index contributed by atoms with van der Waals surface area (Å²) in [5.41, 5.74) is 1.15. The Balaban J connectivity index is 1.53. The molecule has 11 nitrogen and oxygen atoms in total. The molecule has 14 heteroatoms. The number of carbonyl (C=O) groups excluding carboxylic acids is 1. The third kappa shape index (κ3) is 5.32. The Bertz CT molecular complexity index is 1640. The lowest BCUT2D eigenvalue weighted by molar-refractivity contribution is -0.108. The zero-order valence-corrected chi connectivity index (χ0v) is 23.6. The Morgan fingerprint density at radius 3 is 2.79 bits per heavy atom. The molecule has 5 rings (SSSR count). The topological polar surface area (TPSA) is 130 Å². The second kappa shape index (κ2) is 11.1. The maximum atomic E-state index is 14.3. The van der Waals surface area contributed by atoms with Gasteiger partial charge in [0, 0.05) is 25.1 Å². The van der Waals surface area contributed by atoms with Gasteiger partial charge < -0.3 is 23.5 Å². The predicted octanol–water partition coefficient (Wildman–Crippen LogP) is 4.95. The zero-order valence-electron chi connectivity index (χ0n) is 21.2. The highest BCUT2D eigenvalue weighted by Crippen LogP contribution is 2.40. The monoisotopic (exact) mass is 593 g/mol. The summed E-state index contributed by atoms with van der Waals surface area (Å²) in [6.07, 6.45) is 1.21. The fourth-order valence-electron chi connectivity index (χ4n) is 3.91. The molecule has 0 amide bonds. The third-order valence-corrected chi connectivity index (χ3v) is 9.57. The first-order valence-corrected chi connectivity index (χ1v) is 14.4. The highest BCUT2D eigenvalue weighted by atomic mass is 35.5. The Morgan fingerprint density at radius 2 is 2.05 bits per heavy atom. The Morgan fingerprint density at radius 1 is 1.26 bits per heavy atom. The number of sulfonamides is 1. The number of rotatable bonds is 11. The number of carbonyl (C=O) groups is 1. The molecule has 1 aromatic carbocycles. The van der Waals surface area contributed by atoms with E-state index < -0.39 is 23.0 Å². The van der Waals surface area contributed by atoms with Crippen molar-refractivity contribution < 1.29 is 36.7 Å². The molecule has 1 aliphatic rings. The number of thiophene rings is 1. The molecule has 4 aromatic rings. The summed E-state index contributed by atoms with van der Waals surface area (Å²) in [5.74, 6) is 0.648. The Kier molecular flexibility index (Phi) is 7.78. The van der Waals surface area contributed by atoms with E-state index in [1.807, 2.05) is 12.1 Å².